The second kappa shape index (κ2) is 25.6. The maximum absolute atomic E-state index is 12.3. The molecule has 10 N–H and O–H groups in total. The maximum atomic E-state index is 12.3. The third kappa shape index (κ3) is 19.7. The number of aliphatic hydroxyl groups excluding tert-OH is 1. The smallest absolute Gasteiger partial charge is 0.326 e. The number of benzene rings is 1. The number of carboxylic acid groups (broad SMARTS) is 2. The number of amides is 2. The standard InChI is InChI=1S/C19H23N7O6.C4H8O2.C3H7NO.C2H3N.C2H6O/c20-19-25-15-14(17(30)26-19)23-11(8-22-15)7-21-10-3-1-9(2-4-10)16(29)24-12(18(31)32)5-6-13(27)28;1-2-6-4-3-5-1;1-4(2)3-5;2*1-2-3/h1-4,11-12,21,23H,5-8H2,(H,24,29)(H,27,28)(H,31,32)(H4,20,22,25,26,30);1-4H2;3H,1-2H3;1H3;3H,2H2,1H3/t11-,12+;;;;/m1..../s1. The number of nitrogens with zero attached hydrogens (tertiary/aromatic N) is 3. The quantitative estimate of drug-likeness (QED) is 0.148. The van der Waals surface area contributed by atoms with Crippen molar-refractivity contribution in [3.8, 4) is 6.07 Å². The van der Waals surface area contributed by atoms with Crippen LogP contribution in [0.25, 0.3) is 0 Å². The van der Waals surface area contributed by atoms with Crippen molar-refractivity contribution in [1.29, 1.82) is 5.26 Å². The van der Waals surface area contributed by atoms with Crippen LogP contribution in [0.4, 0.5) is 23.1 Å². The molecular weight excluding hydrogens is 646 g/mol. The molecule has 2 aromatic rings. The Bertz CT molecular complexity index is 1370. The number of carbonyl (C=O) groups is 4. The monoisotopic (exact) mass is 693 g/mol. The summed E-state index contributed by atoms with van der Waals surface area (Å²) < 4.78 is 9.89. The fourth-order valence-electron chi connectivity index (χ4n) is 3.55. The molecule has 1 saturated heterocycles. The van der Waals surface area contributed by atoms with E-state index in [1.807, 2.05) is 0 Å². The average Bonchev–Trinajstić information content (AvgIpc) is 3.07. The van der Waals surface area contributed by atoms with Crippen LogP contribution >= 0.6 is 0 Å². The highest BCUT2D eigenvalue weighted by Gasteiger charge is 2.22. The lowest BCUT2D eigenvalue weighted by Gasteiger charge is -2.27. The van der Waals surface area contributed by atoms with Gasteiger partial charge in [-0.05, 0) is 37.6 Å². The first-order valence-electron chi connectivity index (χ1n) is 15.0. The van der Waals surface area contributed by atoms with Crippen molar-refractivity contribution in [2.45, 2.75) is 38.8 Å². The molecule has 0 bridgehead atoms. The van der Waals surface area contributed by atoms with E-state index in [-0.39, 0.29) is 37.0 Å². The molecule has 1 aromatic carbocycles. The van der Waals surface area contributed by atoms with Crippen molar-refractivity contribution in [3.63, 3.8) is 0 Å². The Balaban J connectivity index is 0.00000111. The summed E-state index contributed by atoms with van der Waals surface area (Å²) in [6.45, 7) is 7.45. The Morgan fingerprint density at radius 3 is 2.14 bits per heavy atom. The topological polar surface area (TPSA) is 294 Å². The molecule has 1 aromatic heterocycles. The zero-order valence-corrected chi connectivity index (χ0v) is 28.0. The number of aliphatic carboxylic acids is 2. The van der Waals surface area contributed by atoms with E-state index in [0.717, 1.165) is 32.8 Å². The molecule has 1 fully saturated rings. The minimum absolute atomic E-state index is 0.0281. The summed E-state index contributed by atoms with van der Waals surface area (Å²) in [5.41, 5.74) is 6.31. The summed E-state index contributed by atoms with van der Waals surface area (Å²) in [5, 5.41) is 44.4. The highest BCUT2D eigenvalue weighted by Crippen LogP contribution is 2.20. The number of anilines is 4. The summed E-state index contributed by atoms with van der Waals surface area (Å²) in [4.78, 5) is 63.4. The van der Waals surface area contributed by atoms with Gasteiger partial charge in [0.25, 0.3) is 11.5 Å². The molecule has 2 atom stereocenters. The van der Waals surface area contributed by atoms with E-state index >= 15 is 0 Å². The molecule has 0 spiro atoms. The lowest BCUT2D eigenvalue weighted by atomic mass is 10.1. The van der Waals surface area contributed by atoms with Gasteiger partial charge >= 0.3 is 11.9 Å². The zero-order valence-electron chi connectivity index (χ0n) is 28.0. The third-order valence-corrected chi connectivity index (χ3v) is 5.72. The Labute approximate surface area is 283 Å². The van der Waals surface area contributed by atoms with E-state index < -0.39 is 29.4 Å². The van der Waals surface area contributed by atoms with E-state index in [1.54, 1.807) is 39.2 Å². The number of rotatable bonds is 10. The first kappa shape index (κ1) is 43.5. The molecular formula is C30H47N9O10. The second-order valence-electron chi connectivity index (χ2n) is 9.99. The molecule has 49 heavy (non-hydrogen) atoms. The molecule has 0 aliphatic carbocycles. The molecule has 19 heteroatoms. The fourth-order valence-corrected chi connectivity index (χ4v) is 3.55. The van der Waals surface area contributed by atoms with Crippen molar-refractivity contribution in [1.82, 2.24) is 20.2 Å². The predicted octanol–water partition coefficient (Wildman–Crippen LogP) is -0.0159. The van der Waals surface area contributed by atoms with Gasteiger partial charge in [0.1, 0.15) is 17.5 Å². The van der Waals surface area contributed by atoms with Crippen molar-refractivity contribution in [3.05, 3.63) is 40.2 Å². The van der Waals surface area contributed by atoms with Crippen molar-refractivity contribution in [2.24, 2.45) is 0 Å². The van der Waals surface area contributed by atoms with Crippen molar-refractivity contribution < 1.29 is 44.0 Å². The number of carbonyl (C=O) groups excluding carboxylic acids is 2. The van der Waals surface area contributed by atoms with Crippen LogP contribution in [-0.4, -0.2) is 127 Å². The van der Waals surface area contributed by atoms with E-state index in [9.17, 15) is 24.0 Å². The Morgan fingerprint density at radius 1 is 1.16 bits per heavy atom. The molecule has 0 saturated carbocycles. The number of aliphatic hydroxyl groups is 1. The summed E-state index contributed by atoms with van der Waals surface area (Å²) in [6, 6.07) is 6.68. The number of fused-ring (bicyclic) bond motifs is 1. The largest absolute Gasteiger partial charge is 0.481 e. The number of hydrogen-bond donors (Lipinski definition) is 9. The van der Waals surface area contributed by atoms with Crippen LogP contribution in [0.5, 0.6) is 0 Å². The number of nitriles is 1. The number of nitrogens with one attached hydrogen (secondary N) is 5. The first-order valence-corrected chi connectivity index (χ1v) is 15.0. The Morgan fingerprint density at radius 2 is 1.69 bits per heavy atom. The average molecular weight is 694 g/mol. The highest BCUT2D eigenvalue weighted by atomic mass is 16.6. The van der Waals surface area contributed by atoms with Crippen molar-refractivity contribution >= 4 is 47.4 Å². The number of H-pyrrole nitrogens is 1. The number of aromatic amines is 1. The number of nitrogen functional groups attached to an aromatic ring is 1. The van der Waals surface area contributed by atoms with Crippen LogP contribution in [-0.2, 0) is 23.9 Å². The van der Waals surface area contributed by atoms with Gasteiger partial charge < -0.3 is 61.7 Å². The zero-order chi connectivity index (χ0) is 37.2. The van der Waals surface area contributed by atoms with E-state index in [4.69, 9.17) is 35.8 Å². The Hall–Kier alpha value is -5.45. The van der Waals surface area contributed by atoms with Crippen LogP contribution < -0.4 is 32.6 Å². The molecule has 3 heterocycles. The van der Waals surface area contributed by atoms with Gasteiger partial charge in [-0.3, -0.25) is 19.2 Å². The SMILES string of the molecule is C1COCCO1.CC#N.CCO.CN(C)C=O.Nc1nc(=O)c2c([nH]1)NC[C@@H](CNc1ccc(C(=O)N[C@@H](CCC(=O)O)C(=O)O)cc1)N2. The molecule has 4 rings (SSSR count). The van der Waals surface area contributed by atoms with Gasteiger partial charge in [0.2, 0.25) is 12.4 Å². The number of aromatic nitrogens is 2. The Kier molecular flexibility index (Phi) is 22.8. The first-order chi connectivity index (χ1) is 23.3. The summed E-state index contributed by atoms with van der Waals surface area (Å²) in [6.07, 6.45) is 0.163. The number of nitrogens with two attached hydrogens (primary N) is 1. The minimum atomic E-state index is -1.30. The normalized spacial score (nSPS) is 14.2. The molecule has 0 unspecified atom stereocenters. The van der Waals surface area contributed by atoms with Crippen LogP contribution in [0.3, 0.4) is 0 Å². The van der Waals surface area contributed by atoms with Gasteiger partial charge in [0.15, 0.2) is 0 Å². The highest BCUT2D eigenvalue weighted by molar-refractivity contribution is 5.97. The maximum Gasteiger partial charge on any atom is 0.326 e. The lowest BCUT2D eigenvalue weighted by Crippen LogP contribution is -2.41. The van der Waals surface area contributed by atoms with Gasteiger partial charge in [0.05, 0.1) is 38.5 Å². The molecule has 2 aliphatic rings. The van der Waals surface area contributed by atoms with Crippen molar-refractivity contribution in [2.75, 3.05) is 81.9 Å². The molecule has 2 amide bonds. The fraction of sp³-hybridized carbons (Fsp3) is 0.500. The number of carboxylic acids is 2. The third-order valence-electron chi connectivity index (χ3n) is 5.72. The van der Waals surface area contributed by atoms with Gasteiger partial charge in [-0.25, -0.2) is 4.79 Å². The van der Waals surface area contributed by atoms with Crippen LogP contribution in [0.15, 0.2) is 29.1 Å². The second-order valence-corrected chi connectivity index (χ2v) is 9.99. The summed E-state index contributed by atoms with van der Waals surface area (Å²) >= 11 is 0. The molecule has 19 nitrogen and oxygen atoms in total. The lowest BCUT2D eigenvalue weighted by molar-refractivity contribution is -0.140. The summed E-state index contributed by atoms with van der Waals surface area (Å²) in [5.74, 6) is -2.55. The van der Waals surface area contributed by atoms with Gasteiger partial charge in [0, 0.05) is 58.4 Å². The van der Waals surface area contributed by atoms with Gasteiger partial charge in [-0.2, -0.15) is 10.2 Å². The van der Waals surface area contributed by atoms with E-state index in [1.165, 1.54) is 24.0 Å². The van der Waals surface area contributed by atoms with Gasteiger partial charge in [-0.1, -0.05) is 0 Å². The van der Waals surface area contributed by atoms with Crippen LogP contribution in [0.1, 0.15) is 37.0 Å². The van der Waals surface area contributed by atoms with Crippen LogP contribution in [0.2, 0.25) is 0 Å². The van der Waals surface area contributed by atoms with Crippen LogP contribution in [0, 0.1) is 11.3 Å². The predicted molar refractivity (Wildman–Crippen MR) is 181 cm³/mol. The molecule has 272 valence electrons. The number of ether oxygens (including phenoxy) is 2. The minimum Gasteiger partial charge on any atom is -0.481 e. The van der Waals surface area contributed by atoms with E-state index in [0.29, 0.717) is 30.3 Å². The van der Waals surface area contributed by atoms with E-state index in [2.05, 4.69) is 31.2 Å². The van der Waals surface area contributed by atoms with Gasteiger partial charge in [-0.15, -0.1) is 0 Å². The molecule has 2 aliphatic heterocycles. The molecule has 0 radical (unpaired) electrons. The summed E-state index contributed by atoms with van der Waals surface area (Å²) in [7, 11) is 3.38. The number of hydrogen-bond acceptors (Lipinski definition) is 14.